The van der Waals surface area contributed by atoms with Crippen molar-refractivity contribution in [2.75, 3.05) is 26.4 Å². The molecule has 8 heteroatoms. The number of hydrogen-bond donors (Lipinski definition) is 0. The van der Waals surface area contributed by atoms with Gasteiger partial charge in [-0.05, 0) is 58.0 Å². The van der Waals surface area contributed by atoms with Crippen LogP contribution in [-0.4, -0.2) is 64.5 Å². The Labute approximate surface area is 200 Å². The molecule has 0 spiro atoms. The van der Waals surface area contributed by atoms with E-state index in [0.29, 0.717) is 18.8 Å². The molecule has 1 aromatic carbocycles. The molecular weight excluding hydrogens is 440 g/mol. The maximum atomic E-state index is 12.6. The summed E-state index contributed by atoms with van der Waals surface area (Å²) >= 11 is 0. The van der Waals surface area contributed by atoms with Gasteiger partial charge in [-0.3, -0.25) is 0 Å². The van der Waals surface area contributed by atoms with Crippen LogP contribution in [0.25, 0.3) is 0 Å². The van der Waals surface area contributed by atoms with E-state index in [1.165, 1.54) is 0 Å². The fourth-order valence-corrected chi connectivity index (χ4v) is 4.20. The minimum atomic E-state index is -2.04. The first kappa shape index (κ1) is 27.9. The molecule has 0 aliphatic carbocycles. The van der Waals surface area contributed by atoms with Crippen LogP contribution >= 0.6 is 0 Å². The van der Waals surface area contributed by atoms with Gasteiger partial charge in [-0.1, -0.05) is 39.0 Å². The normalized spacial score (nSPS) is 24.9. The van der Waals surface area contributed by atoms with Crippen LogP contribution in [-0.2, 0) is 28.1 Å². The van der Waals surface area contributed by atoms with Crippen LogP contribution in [0, 0.1) is 0 Å². The number of esters is 1. The predicted octanol–water partition coefficient (Wildman–Crippen LogP) is 5.15. The van der Waals surface area contributed by atoms with Crippen LogP contribution in [0.3, 0.4) is 0 Å². The van der Waals surface area contributed by atoms with Crippen molar-refractivity contribution >= 4 is 14.3 Å². The molecule has 2 rings (SSSR count). The highest BCUT2D eigenvalue weighted by Crippen LogP contribution is 2.37. The van der Waals surface area contributed by atoms with Gasteiger partial charge in [-0.2, -0.15) is 0 Å². The molecular formula is C25H42O7Si. The molecule has 0 aromatic heterocycles. The number of benzene rings is 1. The second-order valence-corrected chi connectivity index (χ2v) is 15.7. The molecule has 1 aliphatic heterocycles. The standard InChI is InChI=1S/C25H42O7Si/c1-23(2,3)33(8,9)32-21-17-29-24(4,5)27-15-20(16-28-25(6,7)30-18-21)31-22(26)19-13-11-10-12-14-19/h10-14,20-21H,15-18H2,1-9H3/t20-,21-. The van der Waals surface area contributed by atoms with Crippen molar-refractivity contribution in [2.24, 2.45) is 0 Å². The van der Waals surface area contributed by atoms with E-state index >= 15 is 0 Å². The molecule has 1 aliphatic rings. The number of hydrogen-bond acceptors (Lipinski definition) is 7. The van der Waals surface area contributed by atoms with Crippen molar-refractivity contribution in [2.45, 2.75) is 90.4 Å². The van der Waals surface area contributed by atoms with Gasteiger partial charge in [0.1, 0.15) is 6.10 Å². The van der Waals surface area contributed by atoms with E-state index in [0.717, 1.165) is 0 Å². The first-order valence-corrected chi connectivity index (χ1v) is 14.5. The number of carbonyl (C=O) groups is 1. The molecule has 0 saturated carbocycles. The van der Waals surface area contributed by atoms with Crippen molar-refractivity contribution in [1.29, 1.82) is 0 Å². The lowest BCUT2D eigenvalue weighted by Crippen LogP contribution is -2.49. The Morgan fingerprint density at radius 1 is 0.848 bits per heavy atom. The molecule has 1 saturated heterocycles. The predicted molar refractivity (Wildman–Crippen MR) is 130 cm³/mol. The van der Waals surface area contributed by atoms with Crippen LogP contribution in [0.4, 0.5) is 0 Å². The maximum Gasteiger partial charge on any atom is 0.338 e. The zero-order valence-corrected chi connectivity index (χ0v) is 22.7. The second kappa shape index (κ2) is 11.0. The van der Waals surface area contributed by atoms with Gasteiger partial charge in [0.25, 0.3) is 0 Å². The van der Waals surface area contributed by atoms with E-state index in [9.17, 15) is 4.79 Å². The lowest BCUT2D eigenvalue weighted by molar-refractivity contribution is -0.271. The van der Waals surface area contributed by atoms with Crippen molar-refractivity contribution < 1.29 is 32.9 Å². The van der Waals surface area contributed by atoms with E-state index < -0.39 is 32.0 Å². The summed E-state index contributed by atoms with van der Waals surface area (Å²) in [4.78, 5) is 12.6. The van der Waals surface area contributed by atoms with Gasteiger partial charge in [0.05, 0.1) is 38.1 Å². The summed E-state index contributed by atoms with van der Waals surface area (Å²) in [6.45, 7) is 19.2. The average Bonchev–Trinajstić information content (AvgIpc) is 2.71. The molecule has 1 heterocycles. The van der Waals surface area contributed by atoms with Gasteiger partial charge >= 0.3 is 5.97 Å². The van der Waals surface area contributed by atoms with E-state index in [-0.39, 0.29) is 24.4 Å². The summed E-state index contributed by atoms with van der Waals surface area (Å²) in [5.41, 5.74) is 0.472. The average molecular weight is 483 g/mol. The third kappa shape index (κ3) is 9.11. The van der Waals surface area contributed by atoms with E-state index in [1.54, 1.807) is 24.3 Å². The lowest BCUT2D eigenvalue weighted by Gasteiger charge is -2.41. The molecule has 0 radical (unpaired) electrons. The molecule has 33 heavy (non-hydrogen) atoms. The third-order valence-corrected chi connectivity index (χ3v) is 10.6. The van der Waals surface area contributed by atoms with Gasteiger partial charge in [-0.15, -0.1) is 0 Å². The number of ether oxygens (including phenoxy) is 5. The van der Waals surface area contributed by atoms with Crippen LogP contribution in [0.2, 0.25) is 18.1 Å². The number of rotatable bonds is 4. The Morgan fingerprint density at radius 3 is 1.70 bits per heavy atom. The topological polar surface area (TPSA) is 72.5 Å². The van der Waals surface area contributed by atoms with Crippen molar-refractivity contribution in [3.05, 3.63) is 35.9 Å². The largest absolute Gasteiger partial charge is 0.454 e. The van der Waals surface area contributed by atoms with E-state index in [2.05, 4.69) is 33.9 Å². The van der Waals surface area contributed by atoms with Gasteiger partial charge in [0.15, 0.2) is 19.9 Å². The first-order valence-electron chi connectivity index (χ1n) is 11.6. The molecule has 1 aromatic rings. The quantitative estimate of drug-likeness (QED) is 0.434. The molecule has 7 nitrogen and oxygen atoms in total. The molecule has 0 N–H and O–H groups in total. The van der Waals surface area contributed by atoms with Crippen LogP contribution < -0.4 is 0 Å². The lowest BCUT2D eigenvalue weighted by atomic mass is 10.2. The highest BCUT2D eigenvalue weighted by atomic mass is 28.4. The fourth-order valence-electron chi connectivity index (χ4n) is 2.88. The Kier molecular flexibility index (Phi) is 9.29. The number of carbonyl (C=O) groups excluding carboxylic acids is 1. The maximum absolute atomic E-state index is 12.6. The Bertz CT molecular complexity index is 732. The molecule has 0 atom stereocenters. The minimum Gasteiger partial charge on any atom is -0.454 e. The molecule has 188 valence electrons. The summed E-state index contributed by atoms with van der Waals surface area (Å²) in [6.07, 6.45) is -0.884. The summed E-state index contributed by atoms with van der Waals surface area (Å²) in [6, 6.07) is 8.85. The van der Waals surface area contributed by atoms with Crippen molar-refractivity contribution in [1.82, 2.24) is 0 Å². The van der Waals surface area contributed by atoms with Crippen LogP contribution in [0.1, 0.15) is 58.8 Å². The molecule has 0 bridgehead atoms. The zero-order chi connectivity index (χ0) is 24.9. The Hall–Kier alpha value is -1.29. The summed E-state index contributed by atoms with van der Waals surface area (Å²) < 4.78 is 36.4. The van der Waals surface area contributed by atoms with Crippen molar-refractivity contribution in [3.8, 4) is 0 Å². The zero-order valence-electron chi connectivity index (χ0n) is 21.7. The van der Waals surface area contributed by atoms with E-state index in [4.69, 9.17) is 28.1 Å². The molecule has 0 amide bonds. The first-order chi connectivity index (χ1) is 15.1. The summed E-state index contributed by atoms with van der Waals surface area (Å²) in [7, 11) is -2.04. The Morgan fingerprint density at radius 2 is 1.27 bits per heavy atom. The second-order valence-electron chi connectivity index (χ2n) is 10.9. The highest BCUT2D eigenvalue weighted by molar-refractivity contribution is 6.74. The highest BCUT2D eigenvalue weighted by Gasteiger charge is 2.40. The SMILES string of the molecule is CC1(C)OC[C@H](OC(=O)c2ccccc2)COC(C)(C)OC[C@@H](O[Si](C)(C)C(C)(C)C)CO1. The third-order valence-electron chi connectivity index (χ3n) is 6.02. The summed E-state index contributed by atoms with van der Waals surface area (Å²) in [5, 5.41) is 0.0601. The van der Waals surface area contributed by atoms with Crippen LogP contribution in [0.5, 0.6) is 0 Å². The molecule has 1 fully saturated rings. The van der Waals surface area contributed by atoms with Gasteiger partial charge in [-0.25, -0.2) is 4.79 Å². The van der Waals surface area contributed by atoms with Gasteiger partial charge < -0.3 is 28.1 Å². The Balaban J connectivity index is 2.11. The van der Waals surface area contributed by atoms with Gasteiger partial charge in [0.2, 0.25) is 0 Å². The van der Waals surface area contributed by atoms with Gasteiger partial charge in [0, 0.05) is 0 Å². The minimum absolute atomic E-state index is 0.0601. The monoisotopic (exact) mass is 482 g/mol. The van der Waals surface area contributed by atoms with Crippen molar-refractivity contribution in [3.63, 3.8) is 0 Å². The summed E-state index contributed by atoms with van der Waals surface area (Å²) in [5.74, 6) is -2.23. The van der Waals surface area contributed by atoms with E-state index in [1.807, 2.05) is 33.8 Å². The molecule has 0 unspecified atom stereocenters. The smallest absolute Gasteiger partial charge is 0.338 e. The van der Waals surface area contributed by atoms with Crippen LogP contribution in [0.15, 0.2) is 30.3 Å². The fraction of sp³-hybridized carbons (Fsp3) is 0.720.